The average Bonchev–Trinajstić information content (AvgIpc) is 2.36. The van der Waals surface area contributed by atoms with Crippen molar-refractivity contribution in [1.82, 2.24) is 10.3 Å². The normalized spacial score (nSPS) is 11.9. The zero-order chi connectivity index (χ0) is 14.6. The Balaban J connectivity index is 2.01. The molecule has 104 valence electrons. The van der Waals surface area contributed by atoms with Crippen LogP contribution in [0.3, 0.4) is 0 Å². The Bertz CT molecular complexity index is 639. The largest absolute Gasteiger partial charge is 0.351 e. The summed E-state index contributed by atoms with van der Waals surface area (Å²) in [5.74, 6) is 0.0382. The van der Waals surface area contributed by atoms with Crippen molar-refractivity contribution in [3.8, 4) is 0 Å². The van der Waals surface area contributed by atoms with E-state index in [1.807, 2.05) is 57.2 Å². The summed E-state index contributed by atoms with van der Waals surface area (Å²) >= 11 is 0. The molecule has 1 aromatic carbocycles. The number of aromatic nitrogens is 1. The highest BCUT2D eigenvalue weighted by atomic mass is 16.1. The first kappa shape index (κ1) is 14.3. The quantitative estimate of drug-likeness (QED) is 0.925. The van der Waals surface area contributed by atoms with Crippen molar-refractivity contribution in [2.24, 2.45) is 0 Å². The van der Waals surface area contributed by atoms with Crippen molar-refractivity contribution >= 4 is 22.9 Å². The number of carbonyl (C=O) groups excluding carboxylic acids is 1. The third-order valence-corrected chi connectivity index (χ3v) is 2.76. The van der Waals surface area contributed by atoms with Crippen LogP contribution in [0, 0.1) is 0 Å². The summed E-state index contributed by atoms with van der Waals surface area (Å²) in [4.78, 5) is 16.0. The Morgan fingerprint density at radius 3 is 2.85 bits per heavy atom. The van der Waals surface area contributed by atoms with E-state index in [0.717, 1.165) is 16.5 Å². The monoisotopic (exact) mass is 268 g/mol. The van der Waals surface area contributed by atoms with E-state index in [9.17, 15) is 4.79 Å². The lowest BCUT2D eigenvalue weighted by Crippen LogP contribution is -2.40. The number of carbonyl (C=O) groups is 1. The third kappa shape index (κ3) is 4.19. The van der Waals surface area contributed by atoms with Gasteiger partial charge in [0.25, 0.3) is 0 Å². The number of nitrogens with one attached hydrogen (secondary N) is 1. The molecule has 0 aliphatic carbocycles. The van der Waals surface area contributed by atoms with Crippen molar-refractivity contribution in [2.75, 3.05) is 0 Å². The van der Waals surface area contributed by atoms with Crippen LogP contribution < -0.4 is 5.32 Å². The second kappa shape index (κ2) is 5.87. The molecule has 0 spiro atoms. The molecule has 0 atom stereocenters. The van der Waals surface area contributed by atoms with E-state index < -0.39 is 0 Å². The molecule has 0 bridgehead atoms. The van der Waals surface area contributed by atoms with Gasteiger partial charge in [0.1, 0.15) is 0 Å². The Labute approximate surface area is 119 Å². The number of nitrogens with zero attached hydrogens (tertiary/aromatic N) is 1. The number of hydrogen-bond acceptors (Lipinski definition) is 2. The Kier molecular flexibility index (Phi) is 4.18. The number of amides is 1. The molecule has 0 fully saturated rings. The minimum absolute atomic E-state index is 0.0382. The van der Waals surface area contributed by atoms with Crippen LogP contribution in [0.5, 0.6) is 0 Å². The first-order valence-corrected chi connectivity index (χ1v) is 6.76. The molecule has 1 amide bonds. The Morgan fingerprint density at radius 2 is 2.10 bits per heavy atom. The second-order valence-electron chi connectivity index (χ2n) is 5.86. The van der Waals surface area contributed by atoms with E-state index in [-0.39, 0.29) is 11.4 Å². The van der Waals surface area contributed by atoms with E-state index in [0.29, 0.717) is 6.42 Å². The van der Waals surface area contributed by atoms with E-state index in [1.54, 1.807) is 6.20 Å². The van der Waals surface area contributed by atoms with Gasteiger partial charge in [-0.25, -0.2) is 0 Å². The second-order valence-corrected chi connectivity index (χ2v) is 5.86. The van der Waals surface area contributed by atoms with Crippen molar-refractivity contribution in [3.05, 3.63) is 48.2 Å². The number of hydrogen-bond donors (Lipinski definition) is 1. The molecule has 0 aliphatic heterocycles. The van der Waals surface area contributed by atoms with Crippen LogP contribution in [0.4, 0.5) is 0 Å². The van der Waals surface area contributed by atoms with Crippen LogP contribution in [0.2, 0.25) is 0 Å². The van der Waals surface area contributed by atoms with E-state index in [1.165, 1.54) is 0 Å². The van der Waals surface area contributed by atoms with Crippen LogP contribution in [0.1, 0.15) is 32.8 Å². The highest BCUT2D eigenvalue weighted by Gasteiger charge is 2.11. The smallest absolute Gasteiger partial charge is 0.224 e. The van der Waals surface area contributed by atoms with E-state index >= 15 is 0 Å². The summed E-state index contributed by atoms with van der Waals surface area (Å²) in [6, 6.07) is 10.0. The lowest BCUT2D eigenvalue weighted by molar-refractivity contribution is -0.121. The lowest BCUT2D eigenvalue weighted by Gasteiger charge is -2.19. The molecule has 0 saturated carbocycles. The first-order chi connectivity index (χ1) is 9.44. The molecular formula is C17H20N2O. The number of rotatable bonds is 3. The molecule has 0 saturated heterocycles. The van der Waals surface area contributed by atoms with Gasteiger partial charge in [0.2, 0.25) is 5.91 Å². The predicted octanol–water partition coefficient (Wildman–Crippen LogP) is 3.55. The van der Waals surface area contributed by atoms with Gasteiger partial charge in [-0.2, -0.15) is 0 Å². The van der Waals surface area contributed by atoms with Crippen LogP contribution in [-0.4, -0.2) is 16.4 Å². The molecular weight excluding hydrogens is 248 g/mol. The molecule has 1 N–H and O–H groups in total. The van der Waals surface area contributed by atoms with E-state index in [2.05, 4.69) is 16.4 Å². The Morgan fingerprint density at radius 1 is 1.30 bits per heavy atom. The predicted molar refractivity (Wildman–Crippen MR) is 83.3 cm³/mol. The van der Waals surface area contributed by atoms with E-state index in [4.69, 9.17) is 0 Å². The SMILES string of the molecule is CC(C)(C)NC(=O)C/C=C/c1ccc2ncccc2c1. The summed E-state index contributed by atoms with van der Waals surface area (Å²) in [6.07, 6.45) is 6.03. The fraction of sp³-hybridized carbons (Fsp3) is 0.294. The minimum Gasteiger partial charge on any atom is -0.351 e. The fourth-order valence-electron chi connectivity index (χ4n) is 1.97. The molecule has 0 radical (unpaired) electrons. The van der Waals surface area contributed by atoms with Crippen LogP contribution in [-0.2, 0) is 4.79 Å². The van der Waals surface area contributed by atoms with Crippen LogP contribution in [0.15, 0.2) is 42.6 Å². The zero-order valence-corrected chi connectivity index (χ0v) is 12.2. The highest BCUT2D eigenvalue weighted by molar-refractivity contribution is 5.82. The van der Waals surface area contributed by atoms with Crippen LogP contribution >= 0.6 is 0 Å². The molecule has 2 rings (SSSR count). The summed E-state index contributed by atoms with van der Waals surface area (Å²) in [7, 11) is 0. The summed E-state index contributed by atoms with van der Waals surface area (Å²) in [6.45, 7) is 5.93. The van der Waals surface area contributed by atoms with Crippen molar-refractivity contribution < 1.29 is 4.79 Å². The number of benzene rings is 1. The van der Waals surface area contributed by atoms with Gasteiger partial charge in [-0.3, -0.25) is 9.78 Å². The topological polar surface area (TPSA) is 42.0 Å². The molecule has 2 aromatic rings. The van der Waals surface area contributed by atoms with Gasteiger partial charge in [-0.1, -0.05) is 24.3 Å². The average molecular weight is 268 g/mol. The third-order valence-electron chi connectivity index (χ3n) is 2.76. The molecule has 3 heteroatoms. The maximum Gasteiger partial charge on any atom is 0.224 e. The van der Waals surface area contributed by atoms with Gasteiger partial charge >= 0.3 is 0 Å². The van der Waals surface area contributed by atoms with Gasteiger partial charge in [-0.05, 0) is 44.5 Å². The first-order valence-electron chi connectivity index (χ1n) is 6.76. The van der Waals surface area contributed by atoms with Gasteiger partial charge in [0.15, 0.2) is 0 Å². The highest BCUT2D eigenvalue weighted by Crippen LogP contribution is 2.14. The molecule has 0 unspecified atom stereocenters. The lowest BCUT2D eigenvalue weighted by atomic mass is 10.1. The number of pyridine rings is 1. The maximum absolute atomic E-state index is 11.7. The van der Waals surface area contributed by atoms with Gasteiger partial charge in [-0.15, -0.1) is 0 Å². The molecule has 1 aromatic heterocycles. The zero-order valence-electron chi connectivity index (χ0n) is 12.2. The van der Waals surface area contributed by atoms with Gasteiger partial charge in [0.05, 0.1) is 5.52 Å². The minimum atomic E-state index is -0.181. The molecule has 0 aliphatic rings. The fourth-order valence-corrected chi connectivity index (χ4v) is 1.97. The summed E-state index contributed by atoms with van der Waals surface area (Å²) in [5.41, 5.74) is 1.88. The molecule has 1 heterocycles. The van der Waals surface area contributed by atoms with Crippen LogP contribution in [0.25, 0.3) is 17.0 Å². The molecule has 20 heavy (non-hydrogen) atoms. The van der Waals surface area contributed by atoms with Crippen molar-refractivity contribution in [1.29, 1.82) is 0 Å². The summed E-state index contributed by atoms with van der Waals surface area (Å²) < 4.78 is 0. The Hall–Kier alpha value is -2.16. The standard InChI is InChI=1S/C17H20N2O/c1-17(2,3)19-16(20)8-4-6-13-9-10-15-14(12-13)7-5-11-18-15/h4-7,9-12H,8H2,1-3H3,(H,19,20)/b6-4+. The van der Waals surface area contributed by atoms with Crippen molar-refractivity contribution in [3.63, 3.8) is 0 Å². The van der Waals surface area contributed by atoms with Gasteiger partial charge < -0.3 is 5.32 Å². The number of fused-ring (bicyclic) bond motifs is 1. The van der Waals surface area contributed by atoms with Crippen molar-refractivity contribution in [2.45, 2.75) is 32.7 Å². The van der Waals surface area contributed by atoms with Gasteiger partial charge in [0, 0.05) is 23.5 Å². The molecule has 3 nitrogen and oxygen atoms in total. The maximum atomic E-state index is 11.7. The summed E-state index contributed by atoms with van der Waals surface area (Å²) in [5, 5.41) is 4.04.